The number of carbonyl (C=O) groups excluding carboxylic acids is 1. The van der Waals surface area contributed by atoms with Crippen LogP contribution in [-0.4, -0.2) is 39.0 Å². The van der Waals surface area contributed by atoms with E-state index in [1.807, 2.05) is 0 Å². The minimum absolute atomic E-state index is 0. The minimum atomic E-state index is -1.26. The number of rotatable bonds is 3. The largest absolute Gasteiger partial charge is 0.478 e. The first-order valence-corrected chi connectivity index (χ1v) is 2.96. The van der Waals surface area contributed by atoms with Crippen LogP contribution in [-0.2, 0) is 14.4 Å². The fourth-order valence-electron chi connectivity index (χ4n) is 0.143. The van der Waals surface area contributed by atoms with Gasteiger partial charge in [-0.05, 0) is 6.08 Å². The molecule has 88 valence electrons. The van der Waals surface area contributed by atoms with Gasteiger partial charge in [-0.15, -0.1) is 0 Å². The highest BCUT2D eigenvalue weighted by Gasteiger charge is 1.88. The first-order valence-electron chi connectivity index (χ1n) is 2.96. The van der Waals surface area contributed by atoms with Gasteiger partial charge in [-0.3, -0.25) is 4.79 Å². The summed E-state index contributed by atoms with van der Waals surface area (Å²) < 4.78 is 0. The molecule has 15 heavy (non-hydrogen) atoms. The average Bonchev–Trinajstić information content (AvgIpc) is 2.02. The number of carboxylic acids is 2. The van der Waals surface area contributed by atoms with Gasteiger partial charge in [-0.2, -0.15) is 0 Å². The third-order valence-corrected chi connectivity index (χ3v) is 0.570. The Balaban J connectivity index is -0.0000000770. The van der Waals surface area contributed by atoms with Gasteiger partial charge in [0.1, 0.15) is 0 Å². The Labute approximate surface area is 84.9 Å². The van der Waals surface area contributed by atoms with Gasteiger partial charge in [-0.25, -0.2) is 9.59 Å². The number of hydrogen-bond acceptors (Lipinski definition) is 3. The van der Waals surface area contributed by atoms with Crippen molar-refractivity contribution in [3.63, 3.8) is 0 Å². The minimum Gasteiger partial charge on any atom is -0.478 e. The van der Waals surface area contributed by atoms with Crippen LogP contribution < -0.4 is 5.73 Å². The lowest BCUT2D eigenvalue weighted by molar-refractivity contribution is -0.134. The van der Waals surface area contributed by atoms with E-state index in [9.17, 15) is 14.4 Å². The Morgan fingerprint density at radius 1 is 1.00 bits per heavy atom. The number of amides is 1. The first kappa shape index (κ1) is 23.0. The molecule has 0 aliphatic carbocycles. The van der Waals surface area contributed by atoms with E-state index >= 15 is 0 Å². The van der Waals surface area contributed by atoms with E-state index in [4.69, 9.17) is 10.2 Å². The van der Waals surface area contributed by atoms with Crippen LogP contribution in [0.2, 0.25) is 0 Å². The topological polar surface area (TPSA) is 181 Å². The molecule has 0 heterocycles. The SMILES string of the molecule is C=CC(N)=O.O.O.O=C(O)/C=C\C(=O)O. The summed E-state index contributed by atoms with van der Waals surface area (Å²) in [6.45, 7) is 3.09. The summed E-state index contributed by atoms with van der Waals surface area (Å²) in [6.07, 6.45) is 2.17. The normalized spacial score (nSPS) is 7.20. The molecular weight excluding hydrogens is 210 g/mol. The maximum absolute atomic E-state index is 9.55. The summed E-state index contributed by atoms with van der Waals surface area (Å²) in [6, 6.07) is 0. The Morgan fingerprint density at radius 3 is 1.27 bits per heavy atom. The molecule has 0 aliphatic heterocycles. The van der Waals surface area contributed by atoms with E-state index in [2.05, 4.69) is 12.3 Å². The van der Waals surface area contributed by atoms with Gasteiger partial charge in [0.15, 0.2) is 0 Å². The number of aliphatic carboxylic acids is 2. The molecule has 0 aromatic heterocycles. The van der Waals surface area contributed by atoms with E-state index in [0.717, 1.165) is 6.08 Å². The van der Waals surface area contributed by atoms with Crippen LogP contribution in [0.1, 0.15) is 0 Å². The Kier molecular flexibility index (Phi) is 22.0. The lowest BCUT2D eigenvalue weighted by atomic mass is 10.5. The van der Waals surface area contributed by atoms with Gasteiger partial charge >= 0.3 is 11.9 Å². The molecule has 0 aromatic carbocycles. The number of carbonyl (C=O) groups is 3. The predicted octanol–water partition coefficient (Wildman–Crippen LogP) is -2.28. The van der Waals surface area contributed by atoms with Crippen molar-refractivity contribution in [2.75, 3.05) is 0 Å². The molecule has 8 N–H and O–H groups in total. The van der Waals surface area contributed by atoms with Crippen LogP contribution in [0.3, 0.4) is 0 Å². The van der Waals surface area contributed by atoms with Crippen LogP contribution in [0.5, 0.6) is 0 Å². The maximum atomic E-state index is 9.55. The summed E-state index contributed by atoms with van der Waals surface area (Å²) in [5.41, 5.74) is 4.53. The molecule has 0 saturated heterocycles. The molecule has 0 atom stereocenters. The highest BCUT2D eigenvalue weighted by molar-refractivity contribution is 5.89. The van der Waals surface area contributed by atoms with E-state index in [1.165, 1.54) is 0 Å². The van der Waals surface area contributed by atoms with Gasteiger partial charge in [0, 0.05) is 12.2 Å². The lowest BCUT2D eigenvalue weighted by Crippen LogP contribution is -2.04. The molecule has 8 nitrogen and oxygen atoms in total. The summed E-state index contributed by atoms with van der Waals surface area (Å²) in [4.78, 5) is 28.6. The molecule has 0 aromatic rings. The summed E-state index contributed by atoms with van der Waals surface area (Å²) >= 11 is 0. The summed E-state index contributed by atoms with van der Waals surface area (Å²) in [7, 11) is 0. The van der Waals surface area contributed by atoms with E-state index in [-0.39, 0.29) is 11.0 Å². The Bertz CT molecular complexity index is 230. The quantitative estimate of drug-likeness (QED) is 0.454. The van der Waals surface area contributed by atoms with Crippen LogP contribution in [0, 0.1) is 0 Å². The third-order valence-electron chi connectivity index (χ3n) is 0.570. The molecule has 0 fully saturated rings. The second-order valence-corrected chi connectivity index (χ2v) is 1.62. The number of primary amides is 1. The van der Waals surface area contributed by atoms with Crippen molar-refractivity contribution in [1.29, 1.82) is 0 Å². The fraction of sp³-hybridized carbons (Fsp3) is 0. The number of nitrogens with two attached hydrogens (primary N) is 1. The summed E-state index contributed by atoms with van der Waals surface area (Å²) in [5.74, 6) is -3.00. The zero-order chi connectivity index (χ0) is 10.9. The van der Waals surface area contributed by atoms with E-state index in [1.54, 1.807) is 0 Å². The molecule has 0 unspecified atom stereocenters. The van der Waals surface area contributed by atoms with Gasteiger partial charge in [0.2, 0.25) is 5.91 Å². The van der Waals surface area contributed by atoms with Gasteiger partial charge in [-0.1, -0.05) is 6.58 Å². The fourth-order valence-corrected chi connectivity index (χ4v) is 0.143. The second kappa shape index (κ2) is 14.3. The number of carboxylic acid groups (broad SMARTS) is 2. The average molecular weight is 223 g/mol. The smallest absolute Gasteiger partial charge is 0.328 e. The van der Waals surface area contributed by atoms with E-state index < -0.39 is 17.8 Å². The predicted molar refractivity (Wildman–Crippen MR) is 51.0 cm³/mol. The molecule has 0 radical (unpaired) electrons. The van der Waals surface area contributed by atoms with E-state index in [0.29, 0.717) is 12.2 Å². The molecule has 1 amide bonds. The van der Waals surface area contributed by atoms with Crippen molar-refractivity contribution in [1.82, 2.24) is 0 Å². The van der Waals surface area contributed by atoms with Crippen LogP contribution >= 0.6 is 0 Å². The van der Waals surface area contributed by atoms with Crippen molar-refractivity contribution in [2.45, 2.75) is 0 Å². The van der Waals surface area contributed by atoms with Gasteiger partial charge in [0.05, 0.1) is 0 Å². The molecule has 0 aliphatic rings. The van der Waals surface area contributed by atoms with Crippen molar-refractivity contribution < 1.29 is 35.5 Å². The lowest BCUT2D eigenvalue weighted by Gasteiger charge is -1.74. The molecular formula is C7H13NO7. The van der Waals surface area contributed by atoms with Gasteiger partial charge in [0.25, 0.3) is 0 Å². The summed E-state index contributed by atoms with van der Waals surface area (Å²) in [5, 5.41) is 15.6. The van der Waals surface area contributed by atoms with Crippen LogP contribution in [0.4, 0.5) is 0 Å². The molecule has 0 bridgehead atoms. The first-order chi connectivity index (χ1) is 5.90. The van der Waals surface area contributed by atoms with Crippen LogP contribution in [0.15, 0.2) is 24.8 Å². The van der Waals surface area contributed by atoms with Crippen molar-refractivity contribution >= 4 is 17.8 Å². The molecule has 0 saturated carbocycles. The van der Waals surface area contributed by atoms with Crippen LogP contribution in [0.25, 0.3) is 0 Å². The monoisotopic (exact) mass is 223 g/mol. The second-order valence-electron chi connectivity index (χ2n) is 1.62. The number of hydrogen-bond donors (Lipinski definition) is 3. The zero-order valence-electron chi connectivity index (χ0n) is 7.64. The van der Waals surface area contributed by atoms with Gasteiger partial charge < -0.3 is 26.9 Å². The highest BCUT2D eigenvalue weighted by atomic mass is 16.4. The maximum Gasteiger partial charge on any atom is 0.328 e. The standard InChI is InChI=1S/C4H4O4.C3H5NO.2H2O/c5-3(6)1-2-4(7)8;1-2-3(4)5;;/h1-2H,(H,5,6)(H,7,8);2H,1H2,(H2,4,5);2*1H2/b2-1-;;;. The Hall–Kier alpha value is -2.19. The van der Waals surface area contributed by atoms with Crippen molar-refractivity contribution in [2.24, 2.45) is 5.73 Å². The zero-order valence-corrected chi connectivity index (χ0v) is 7.64. The van der Waals surface area contributed by atoms with Crippen molar-refractivity contribution in [3.05, 3.63) is 24.8 Å². The highest BCUT2D eigenvalue weighted by Crippen LogP contribution is 1.70. The van der Waals surface area contributed by atoms with Crippen molar-refractivity contribution in [3.8, 4) is 0 Å². The third kappa shape index (κ3) is 49.1. The Morgan fingerprint density at radius 2 is 1.20 bits per heavy atom. The molecule has 0 rings (SSSR count). The molecule has 8 heteroatoms. The molecule has 0 spiro atoms.